The molecule has 0 radical (unpaired) electrons. The first-order valence-corrected chi connectivity index (χ1v) is 12.6. The number of piperazine rings is 1. The van der Waals surface area contributed by atoms with Crippen LogP contribution < -0.4 is 4.90 Å². The first kappa shape index (κ1) is 21.5. The molecule has 33 heavy (non-hydrogen) atoms. The van der Waals surface area contributed by atoms with Gasteiger partial charge in [0.15, 0.2) is 14.9 Å². The quantitative estimate of drug-likeness (QED) is 0.533. The summed E-state index contributed by atoms with van der Waals surface area (Å²) in [5.74, 6) is -0.243. The lowest BCUT2D eigenvalue weighted by molar-refractivity contribution is -0.121. The van der Waals surface area contributed by atoms with Crippen LogP contribution in [0.2, 0.25) is 0 Å². The van der Waals surface area contributed by atoms with Crippen LogP contribution in [-0.2, 0) is 32.4 Å². The number of pyridine rings is 1. The van der Waals surface area contributed by atoms with Crippen molar-refractivity contribution in [2.24, 2.45) is 0 Å². The number of nitrogens with zero attached hydrogens (tertiary/aromatic N) is 3. The highest BCUT2D eigenvalue weighted by atomic mass is 32.2. The maximum Gasteiger partial charge on any atom is 0.338 e. The summed E-state index contributed by atoms with van der Waals surface area (Å²) >= 11 is 0. The summed E-state index contributed by atoms with van der Waals surface area (Å²) in [6.45, 7) is 2.74. The first-order chi connectivity index (χ1) is 15.8. The van der Waals surface area contributed by atoms with E-state index in [1.54, 1.807) is 17.0 Å². The van der Waals surface area contributed by atoms with Crippen molar-refractivity contribution in [2.45, 2.75) is 18.1 Å². The van der Waals surface area contributed by atoms with Crippen LogP contribution in [-0.4, -0.2) is 62.6 Å². The summed E-state index contributed by atoms with van der Waals surface area (Å²) in [6, 6.07) is 14.4. The van der Waals surface area contributed by atoms with Gasteiger partial charge in [0.1, 0.15) is 6.61 Å². The molecule has 0 bridgehead atoms. The topological polar surface area (TPSA) is 96.9 Å². The van der Waals surface area contributed by atoms with E-state index in [4.69, 9.17) is 4.74 Å². The second kappa shape index (κ2) is 8.24. The van der Waals surface area contributed by atoms with Crippen molar-refractivity contribution in [3.63, 3.8) is 0 Å². The van der Waals surface area contributed by atoms with Crippen LogP contribution in [0.4, 0.5) is 5.69 Å². The fourth-order valence-electron chi connectivity index (χ4n) is 4.28. The molecule has 3 heterocycles. The van der Waals surface area contributed by atoms with Crippen LogP contribution in [0.25, 0.3) is 10.9 Å². The van der Waals surface area contributed by atoms with E-state index >= 15 is 0 Å². The fourth-order valence-corrected chi connectivity index (χ4v) is 4.86. The number of anilines is 1. The van der Waals surface area contributed by atoms with Gasteiger partial charge in [-0.3, -0.25) is 9.69 Å². The molecular weight excluding hydrogens is 442 g/mol. The van der Waals surface area contributed by atoms with E-state index in [1.165, 1.54) is 6.07 Å². The molecule has 0 aliphatic carbocycles. The van der Waals surface area contributed by atoms with E-state index in [1.807, 2.05) is 30.3 Å². The highest BCUT2D eigenvalue weighted by Crippen LogP contribution is 2.25. The van der Waals surface area contributed by atoms with Crippen LogP contribution in [0.1, 0.15) is 21.5 Å². The highest BCUT2D eigenvalue weighted by molar-refractivity contribution is 7.90. The number of carbonyl (C=O) groups excluding carboxylic acids is 2. The summed E-state index contributed by atoms with van der Waals surface area (Å²) in [4.78, 5) is 32.6. The zero-order chi connectivity index (χ0) is 23.2. The monoisotopic (exact) mass is 465 g/mol. The molecule has 1 saturated heterocycles. The van der Waals surface area contributed by atoms with Gasteiger partial charge in [-0.25, -0.2) is 18.2 Å². The van der Waals surface area contributed by atoms with Crippen molar-refractivity contribution in [3.8, 4) is 0 Å². The molecule has 2 aliphatic rings. The third-order valence-corrected chi connectivity index (χ3v) is 7.09. The molecule has 1 aromatic heterocycles. The predicted molar refractivity (Wildman–Crippen MR) is 123 cm³/mol. The normalized spacial score (nSPS) is 16.8. The summed E-state index contributed by atoms with van der Waals surface area (Å²) < 4.78 is 28.5. The van der Waals surface area contributed by atoms with Gasteiger partial charge in [-0.1, -0.05) is 12.1 Å². The molecule has 2 aliphatic heterocycles. The maximum absolute atomic E-state index is 12.9. The second-order valence-corrected chi connectivity index (χ2v) is 10.4. The molecule has 5 rings (SSSR count). The average Bonchev–Trinajstić information content (AvgIpc) is 3.16. The third-order valence-electron chi connectivity index (χ3n) is 6.10. The minimum absolute atomic E-state index is 0.0225. The molecule has 0 N–H and O–H groups in total. The van der Waals surface area contributed by atoms with E-state index < -0.39 is 9.84 Å². The van der Waals surface area contributed by atoms with E-state index in [0.29, 0.717) is 30.8 Å². The SMILES string of the molecule is CS(=O)(=O)c1ccc2cc(N3CCN(CCc4ccc5c(c4)COC5=O)CC3=O)ccc2n1. The summed E-state index contributed by atoms with van der Waals surface area (Å²) in [5.41, 5.74) is 4.05. The van der Waals surface area contributed by atoms with Gasteiger partial charge in [-0.15, -0.1) is 0 Å². The van der Waals surface area contributed by atoms with Gasteiger partial charge >= 0.3 is 5.97 Å². The van der Waals surface area contributed by atoms with Crippen LogP contribution in [0.5, 0.6) is 0 Å². The molecule has 0 atom stereocenters. The van der Waals surface area contributed by atoms with Crippen LogP contribution in [0.3, 0.4) is 0 Å². The van der Waals surface area contributed by atoms with Crippen LogP contribution in [0.15, 0.2) is 53.6 Å². The lowest BCUT2D eigenvalue weighted by atomic mass is 10.0. The standard InChI is InChI=1S/C24H23N3O5S/c1-33(30,31)22-7-3-17-13-19(4-6-21(17)25-22)27-11-10-26(14-23(27)28)9-8-16-2-5-20-18(12-16)15-32-24(20)29/h2-7,12-13H,8-11,14-15H2,1H3. The van der Waals surface area contributed by atoms with Crippen LogP contribution in [0, 0.1) is 0 Å². The Morgan fingerprint density at radius 1 is 1.03 bits per heavy atom. The van der Waals surface area contributed by atoms with Crippen molar-refractivity contribution in [2.75, 3.05) is 37.3 Å². The molecule has 3 aromatic rings. The van der Waals surface area contributed by atoms with Gasteiger partial charge in [0, 0.05) is 42.5 Å². The van der Waals surface area contributed by atoms with E-state index in [0.717, 1.165) is 48.0 Å². The molecule has 0 saturated carbocycles. The van der Waals surface area contributed by atoms with Crippen molar-refractivity contribution in [3.05, 3.63) is 65.2 Å². The summed E-state index contributed by atoms with van der Waals surface area (Å²) in [5, 5.41) is 0.823. The number of amides is 1. The lowest BCUT2D eigenvalue weighted by Crippen LogP contribution is -2.50. The molecule has 1 fully saturated rings. The smallest absolute Gasteiger partial charge is 0.338 e. The molecule has 170 valence electrons. The van der Waals surface area contributed by atoms with Crippen molar-refractivity contribution in [1.29, 1.82) is 0 Å². The number of carbonyl (C=O) groups is 2. The van der Waals surface area contributed by atoms with Crippen LogP contribution >= 0.6 is 0 Å². The minimum atomic E-state index is -3.37. The number of cyclic esters (lactones) is 1. The number of hydrogen-bond acceptors (Lipinski definition) is 7. The molecule has 2 aromatic carbocycles. The van der Waals surface area contributed by atoms with Crippen molar-refractivity contribution >= 4 is 38.3 Å². The first-order valence-electron chi connectivity index (χ1n) is 10.7. The predicted octanol–water partition coefficient (Wildman–Crippen LogP) is 2.20. The largest absolute Gasteiger partial charge is 0.457 e. The Kier molecular flexibility index (Phi) is 5.38. The average molecular weight is 466 g/mol. The molecular formula is C24H23N3O5S. The molecule has 8 nitrogen and oxygen atoms in total. The maximum atomic E-state index is 12.9. The summed E-state index contributed by atoms with van der Waals surface area (Å²) in [6.07, 6.45) is 1.92. The van der Waals surface area contributed by atoms with E-state index in [-0.39, 0.29) is 16.9 Å². The highest BCUT2D eigenvalue weighted by Gasteiger charge is 2.26. The third kappa shape index (κ3) is 4.34. The number of esters is 1. The minimum Gasteiger partial charge on any atom is -0.457 e. The molecule has 0 spiro atoms. The Bertz CT molecular complexity index is 1390. The van der Waals surface area contributed by atoms with Gasteiger partial charge in [0.05, 0.1) is 17.6 Å². The zero-order valence-corrected chi connectivity index (χ0v) is 19.0. The lowest BCUT2D eigenvalue weighted by Gasteiger charge is -2.34. The number of sulfone groups is 1. The number of benzene rings is 2. The Morgan fingerprint density at radius 3 is 2.67 bits per heavy atom. The number of ether oxygens (including phenoxy) is 1. The van der Waals surface area contributed by atoms with Gasteiger partial charge in [-0.2, -0.15) is 0 Å². The van der Waals surface area contributed by atoms with Gasteiger partial charge in [0.2, 0.25) is 5.91 Å². The summed E-state index contributed by atoms with van der Waals surface area (Å²) in [7, 11) is -3.37. The number of rotatable bonds is 5. The molecule has 1 amide bonds. The van der Waals surface area contributed by atoms with Gasteiger partial charge in [0.25, 0.3) is 0 Å². The van der Waals surface area contributed by atoms with Gasteiger partial charge in [-0.05, 0) is 48.4 Å². The van der Waals surface area contributed by atoms with Crippen molar-refractivity contribution in [1.82, 2.24) is 9.88 Å². The van der Waals surface area contributed by atoms with E-state index in [9.17, 15) is 18.0 Å². The molecule has 0 unspecified atom stereocenters. The second-order valence-electron chi connectivity index (χ2n) is 8.44. The fraction of sp³-hybridized carbons (Fsp3) is 0.292. The number of fused-ring (bicyclic) bond motifs is 2. The van der Waals surface area contributed by atoms with Gasteiger partial charge < -0.3 is 9.64 Å². The Morgan fingerprint density at radius 2 is 1.88 bits per heavy atom. The Labute approximate surface area is 191 Å². The van der Waals surface area contributed by atoms with E-state index in [2.05, 4.69) is 9.88 Å². The number of hydrogen-bond donors (Lipinski definition) is 0. The van der Waals surface area contributed by atoms with Crippen molar-refractivity contribution < 1.29 is 22.7 Å². The zero-order valence-electron chi connectivity index (χ0n) is 18.2. The Balaban J connectivity index is 1.23. The number of aromatic nitrogens is 1. The Hall–Kier alpha value is -3.30. The molecule has 9 heteroatoms.